The first-order chi connectivity index (χ1) is 3.41. The molecule has 0 aliphatic carbocycles. The normalized spacial score (nSPS) is 8.25. The summed E-state index contributed by atoms with van der Waals surface area (Å²) in [6.45, 7) is 1.61. The summed E-state index contributed by atoms with van der Waals surface area (Å²) < 4.78 is 0. The van der Waals surface area contributed by atoms with Crippen LogP contribution in [0.15, 0.2) is 0 Å². The summed E-state index contributed by atoms with van der Waals surface area (Å²) in [6, 6.07) is 0. The summed E-state index contributed by atoms with van der Waals surface area (Å²) >= 11 is 0. The van der Waals surface area contributed by atoms with E-state index in [1.54, 1.807) is 0 Å². The lowest BCUT2D eigenvalue weighted by atomic mass is 10.2. The Morgan fingerprint density at radius 3 is 1.38 bits per heavy atom. The van der Waals surface area contributed by atoms with Gasteiger partial charge < -0.3 is 17.6 Å². The Hall–Kier alpha value is -0.120. The molecule has 0 rings (SSSR count). The van der Waals surface area contributed by atoms with E-state index in [4.69, 9.17) is 11.5 Å². The quantitative estimate of drug-likeness (QED) is 0.463. The molecule has 0 unspecified atom stereocenters. The van der Waals surface area contributed by atoms with E-state index in [0.717, 1.165) is 25.9 Å². The smallest absolute Gasteiger partial charge is 0.00773 e. The van der Waals surface area contributed by atoms with Gasteiger partial charge in [-0.15, -0.1) is 0 Å². The summed E-state index contributed by atoms with van der Waals surface area (Å²) in [5.74, 6) is 0. The van der Waals surface area contributed by atoms with Gasteiger partial charge in [-0.2, -0.15) is 0 Å². The van der Waals surface area contributed by atoms with Gasteiger partial charge in [0.05, 0.1) is 0 Å². The SMILES string of the molecule is N.NCCCCCN. The van der Waals surface area contributed by atoms with Gasteiger partial charge in [0.1, 0.15) is 0 Å². The van der Waals surface area contributed by atoms with E-state index < -0.39 is 0 Å². The van der Waals surface area contributed by atoms with Crippen molar-refractivity contribution in [3.05, 3.63) is 0 Å². The summed E-state index contributed by atoms with van der Waals surface area (Å²) in [6.07, 6.45) is 3.43. The summed E-state index contributed by atoms with van der Waals surface area (Å²) in [5, 5.41) is 0. The zero-order valence-electron chi connectivity index (χ0n) is 5.40. The predicted molar refractivity (Wildman–Crippen MR) is 37.0 cm³/mol. The largest absolute Gasteiger partial charge is 0.344 e. The van der Waals surface area contributed by atoms with Gasteiger partial charge in [0, 0.05) is 0 Å². The molecule has 0 amide bonds. The molecule has 0 spiro atoms. The molecule has 0 aliphatic heterocycles. The Labute approximate surface area is 51.0 Å². The van der Waals surface area contributed by atoms with Crippen LogP contribution in [-0.2, 0) is 0 Å². The van der Waals surface area contributed by atoms with Crippen LogP contribution in [0.4, 0.5) is 0 Å². The van der Waals surface area contributed by atoms with Crippen molar-refractivity contribution in [1.82, 2.24) is 6.15 Å². The third kappa shape index (κ3) is 9.30. The molecular weight excluding hydrogens is 102 g/mol. The maximum Gasteiger partial charge on any atom is -0.00773 e. The second kappa shape index (κ2) is 9.99. The Morgan fingerprint density at radius 2 is 1.12 bits per heavy atom. The number of nitrogens with two attached hydrogens (primary N) is 2. The van der Waals surface area contributed by atoms with Crippen molar-refractivity contribution in [1.29, 1.82) is 0 Å². The summed E-state index contributed by atoms with van der Waals surface area (Å²) in [5.41, 5.74) is 10.5. The Morgan fingerprint density at radius 1 is 0.750 bits per heavy atom. The lowest BCUT2D eigenvalue weighted by Gasteiger charge is -1.91. The van der Waals surface area contributed by atoms with E-state index in [1.807, 2.05) is 0 Å². The van der Waals surface area contributed by atoms with Crippen molar-refractivity contribution in [2.24, 2.45) is 11.5 Å². The third-order valence-corrected chi connectivity index (χ3v) is 0.908. The van der Waals surface area contributed by atoms with Crippen LogP contribution in [0.25, 0.3) is 0 Å². The fraction of sp³-hybridized carbons (Fsp3) is 1.00. The highest BCUT2D eigenvalue weighted by atomic mass is 14.5. The van der Waals surface area contributed by atoms with Crippen molar-refractivity contribution in [2.75, 3.05) is 13.1 Å². The molecule has 3 heteroatoms. The van der Waals surface area contributed by atoms with E-state index >= 15 is 0 Å². The molecule has 0 aromatic rings. The minimum atomic E-state index is 0. The zero-order valence-corrected chi connectivity index (χ0v) is 5.40. The highest BCUT2D eigenvalue weighted by molar-refractivity contribution is 4.41. The minimum absolute atomic E-state index is 0. The molecule has 0 bridgehead atoms. The highest BCUT2D eigenvalue weighted by Crippen LogP contribution is 1.88. The molecule has 0 saturated carbocycles. The van der Waals surface area contributed by atoms with Crippen molar-refractivity contribution in [2.45, 2.75) is 19.3 Å². The molecule has 3 nitrogen and oxygen atoms in total. The minimum Gasteiger partial charge on any atom is -0.344 e. The first-order valence-corrected chi connectivity index (χ1v) is 2.82. The highest BCUT2D eigenvalue weighted by Gasteiger charge is 1.80. The van der Waals surface area contributed by atoms with E-state index in [1.165, 1.54) is 6.42 Å². The predicted octanol–water partition coefficient (Wildman–Crippen LogP) is 0.236. The maximum absolute atomic E-state index is 5.23. The monoisotopic (exact) mass is 119 g/mol. The second-order valence-corrected chi connectivity index (χ2v) is 1.64. The average Bonchev–Trinajstić information content (AvgIpc) is 1.69. The molecule has 0 aromatic carbocycles. The fourth-order valence-corrected chi connectivity index (χ4v) is 0.465. The van der Waals surface area contributed by atoms with Crippen LogP contribution >= 0.6 is 0 Å². The van der Waals surface area contributed by atoms with Gasteiger partial charge in [-0.05, 0) is 25.9 Å². The lowest BCUT2D eigenvalue weighted by molar-refractivity contribution is 0.695. The molecule has 0 aliphatic rings. The molecule has 0 heterocycles. The molecule has 0 aromatic heterocycles. The molecule has 52 valence electrons. The summed E-state index contributed by atoms with van der Waals surface area (Å²) in [7, 11) is 0. The van der Waals surface area contributed by atoms with E-state index in [9.17, 15) is 0 Å². The van der Waals surface area contributed by atoms with Crippen LogP contribution in [0.3, 0.4) is 0 Å². The zero-order chi connectivity index (χ0) is 5.54. The van der Waals surface area contributed by atoms with Gasteiger partial charge in [-0.1, -0.05) is 6.42 Å². The van der Waals surface area contributed by atoms with Crippen molar-refractivity contribution in [3.8, 4) is 0 Å². The number of unbranched alkanes of at least 4 members (excludes halogenated alkanes) is 2. The second-order valence-electron chi connectivity index (χ2n) is 1.64. The van der Waals surface area contributed by atoms with Crippen LogP contribution in [0.1, 0.15) is 19.3 Å². The van der Waals surface area contributed by atoms with Gasteiger partial charge >= 0.3 is 0 Å². The maximum atomic E-state index is 5.23. The van der Waals surface area contributed by atoms with Gasteiger partial charge in [-0.25, -0.2) is 0 Å². The first kappa shape index (κ1) is 10.8. The van der Waals surface area contributed by atoms with Crippen LogP contribution in [0, 0.1) is 0 Å². The average molecular weight is 119 g/mol. The van der Waals surface area contributed by atoms with Crippen LogP contribution in [-0.4, -0.2) is 13.1 Å². The molecule has 8 heavy (non-hydrogen) atoms. The van der Waals surface area contributed by atoms with E-state index in [2.05, 4.69) is 0 Å². The number of hydrogen-bond acceptors (Lipinski definition) is 3. The molecule has 0 atom stereocenters. The van der Waals surface area contributed by atoms with Gasteiger partial charge in [-0.3, -0.25) is 0 Å². The number of hydrogen-bond donors (Lipinski definition) is 3. The van der Waals surface area contributed by atoms with Crippen molar-refractivity contribution < 1.29 is 0 Å². The topological polar surface area (TPSA) is 87.0 Å². The first-order valence-electron chi connectivity index (χ1n) is 2.82. The molecule has 0 saturated heterocycles. The van der Waals surface area contributed by atoms with E-state index in [0.29, 0.717) is 0 Å². The van der Waals surface area contributed by atoms with Gasteiger partial charge in [0.15, 0.2) is 0 Å². The van der Waals surface area contributed by atoms with Crippen LogP contribution in [0.2, 0.25) is 0 Å². The standard InChI is InChI=1S/C5H14N2.H3N/c6-4-2-1-3-5-7;/h1-7H2;1H3. The van der Waals surface area contributed by atoms with Crippen LogP contribution < -0.4 is 17.6 Å². The van der Waals surface area contributed by atoms with E-state index in [-0.39, 0.29) is 6.15 Å². The van der Waals surface area contributed by atoms with Crippen molar-refractivity contribution >= 4 is 0 Å². The molecule has 0 radical (unpaired) electrons. The van der Waals surface area contributed by atoms with Crippen LogP contribution in [0.5, 0.6) is 0 Å². The summed E-state index contributed by atoms with van der Waals surface area (Å²) in [4.78, 5) is 0. The van der Waals surface area contributed by atoms with Crippen molar-refractivity contribution in [3.63, 3.8) is 0 Å². The fourth-order valence-electron chi connectivity index (χ4n) is 0.465. The molecule has 7 N–H and O–H groups in total. The Bertz CT molecular complexity index is 26.9. The Balaban J connectivity index is 0. The lowest BCUT2D eigenvalue weighted by Crippen LogP contribution is -2.02. The van der Waals surface area contributed by atoms with Gasteiger partial charge in [0.2, 0.25) is 0 Å². The Kier molecular flexibility index (Phi) is 13.5. The van der Waals surface area contributed by atoms with Gasteiger partial charge in [0.25, 0.3) is 0 Å². The molecule has 0 fully saturated rings. The third-order valence-electron chi connectivity index (χ3n) is 0.908. The molecular formula is C5H17N3. The number of rotatable bonds is 4.